The highest BCUT2D eigenvalue weighted by atomic mass is 16.1. The molecule has 0 amide bonds. The molecular weight excluding hydrogens is 214 g/mol. The Kier molecular flexibility index (Phi) is 2.65. The molecular formula is C13H15N3O. The van der Waals surface area contributed by atoms with Gasteiger partial charge in [0.05, 0.1) is 10.9 Å². The largest absolute Gasteiger partial charge is 0.314 e. The minimum Gasteiger partial charge on any atom is -0.314 e. The van der Waals surface area contributed by atoms with E-state index in [1.165, 1.54) is 12.8 Å². The number of hydrogen-bond donors (Lipinski definition) is 2. The van der Waals surface area contributed by atoms with E-state index in [1.807, 2.05) is 18.2 Å². The summed E-state index contributed by atoms with van der Waals surface area (Å²) in [5, 5.41) is 4.07. The van der Waals surface area contributed by atoms with Crippen molar-refractivity contribution in [3.63, 3.8) is 0 Å². The van der Waals surface area contributed by atoms with E-state index >= 15 is 0 Å². The van der Waals surface area contributed by atoms with Crippen LogP contribution in [-0.4, -0.2) is 22.6 Å². The summed E-state index contributed by atoms with van der Waals surface area (Å²) < 4.78 is 0. The minimum absolute atomic E-state index is 0.0444. The highest BCUT2D eigenvalue weighted by Crippen LogP contribution is 2.18. The Balaban J connectivity index is 1.81. The Hall–Kier alpha value is -1.68. The zero-order chi connectivity index (χ0) is 11.7. The van der Waals surface area contributed by atoms with E-state index in [1.54, 1.807) is 6.07 Å². The van der Waals surface area contributed by atoms with Gasteiger partial charge in [-0.1, -0.05) is 12.1 Å². The normalized spacial score (nSPS) is 15.3. The van der Waals surface area contributed by atoms with Gasteiger partial charge in [0.15, 0.2) is 0 Å². The summed E-state index contributed by atoms with van der Waals surface area (Å²) in [6.07, 6.45) is 3.33. The molecule has 0 spiro atoms. The SMILES string of the molecule is O=c1[nH]c(CCNC2CC2)nc2ccccc12. The van der Waals surface area contributed by atoms with Crippen molar-refractivity contribution < 1.29 is 0 Å². The molecule has 0 atom stereocenters. The summed E-state index contributed by atoms with van der Waals surface area (Å²) in [5.74, 6) is 0.766. The van der Waals surface area contributed by atoms with E-state index in [-0.39, 0.29) is 5.56 Å². The number of nitrogens with one attached hydrogen (secondary N) is 2. The predicted octanol–water partition coefficient (Wildman–Crippen LogP) is 1.22. The first-order chi connectivity index (χ1) is 8.33. The third-order valence-corrected chi connectivity index (χ3v) is 3.03. The van der Waals surface area contributed by atoms with Crippen molar-refractivity contribution >= 4 is 10.9 Å². The molecule has 3 rings (SSSR count). The van der Waals surface area contributed by atoms with Crippen molar-refractivity contribution in [1.82, 2.24) is 15.3 Å². The number of hydrogen-bond acceptors (Lipinski definition) is 3. The van der Waals surface area contributed by atoms with Crippen LogP contribution in [0.1, 0.15) is 18.7 Å². The maximum absolute atomic E-state index is 11.8. The monoisotopic (exact) mass is 229 g/mol. The number of fused-ring (bicyclic) bond motifs is 1. The van der Waals surface area contributed by atoms with Crippen LogP contribution < -0.4 is 10.9 Å². The van der Waals surface area contributed by atoms with Gasteiger partial charge in [-0.15, -0.1) is 0 Å². The molecule has 1 aliphatic rings. The van der Waals surface area contributed by atoms with Crippen molar-refractivity contribution in [3.8, 4) is 0 Å². The van der Waals surface area contributed by atoms with Gasteiger partial charge in [0.2, 0.25) is 0 Å². The third kappa shape index (κ3) is 2.36. The molecule has 2 aromatic rings. The smallest absolute Gasteiger partial charge is 0.258 e. The molecule has 17 heavy (non-hydrogen) atoms. The van der Waals surface area contributed by atoms with E-state index in [0.717, 1.165) is 24.3 Å². The maximum Gasteiger partial charge on any atom is 0.258 e. The van der Waals surface area contributed by atoms with Crippen LogP contribution >= 0.6 is 0 Å². The molecule has 2 N–H and O–H groups in total. The van der Waals surface area contributed by atoms with Crippen LogP contribution in [0.3, 0.4) is 0 Å². The fraction of sp³-hybridized carbons (Fsp3) is 0.385. The Bertz CT molecular complexity index is 586. The number of para-hydroxylation sites is 1. The van der Waals surface area contributed by atoms with Gasteiger partial charge in [-0.3, -0.25) is 4.79 Å². The Morgan fingerprint density at radius 3 is 3.00 bits per heavy atom. The van der Waals surface area contributed by atoms with Crippen molar-refractivity contribution in [2.24, 2.45) is 0 Å². The molecule has 0 aliphatic heterocycles. The molecule has 0 bridgehead atoms. The molecule has 1 aromatic carbocycles. The second-order valence-electron chi connectivity index (χ2n) is 4.51. The summed E-state index contributed by atoms with van der Waals surface area (Å²) in [7, 11) is 0. The van der Waals surface area contributed by atoms with Crippen molar-refractivity contribution in [3.05, 3.63) is 40.4 Å². The summed E-state index contributed by atoms with van der Waals surface area (Å²) in [6, 6.07) is 8.13. The summed E-state index contributed by atoms with van der Waals surface area (Å²) in [5.41, 5.74) is 0.731. The van der Waals surface area contributed by atoms with Crippen LogP contribution in [0.2, 0.25) is 0 Å². The number of H-pyrrole nitrogens is 1. The molecule has 0 unspecified atom stereocenters. The quantitative estimate of drug-likeness (QED) is 0.828. The van der Waals surface area contributed by atoms with Gasteiger partial charge >= 0.3 is 0 Å². The van der Waals surface area contributed by atoms with Crippen molar-refractivity contribution in [1.29, 1.82) is 0 Å². The third-order valence-electron chi connectivity index (χ3n) is 3.03. The zero-order valence-electron chi connectivity index (χ0n) is 9.57. The van der Waals surface area contributed by atoms with Crippen LogP contribution in [0, 0.1) is 0 Å². The first-order valence-corrected chi connectivity index (χ1v) is 6.04. The average molecular weight is 229 g/mol. The number of aromatic nitrogens is 2. The van der Waals surface area contributed by atoms with E-state index in [2.05, 4.69) is 15.3 Å². The lowest BCUT2D eigenvalue weighted by Gasteiger charge is -2.03. The van der Waals surface area contributed by atoms with Crippen LogP contribution in [0.5, 0.6) is 0 Å². The number of aromatic amines is 1. The molecule has 88 valence electrons. The second kappa shape index (κ2) is 4.30. The number of rotatable bonds is 4. The summed E-state index contributed by atoms with van der Waals surface area (Å²) in [6.45, 7) is 0.881. The van der Waals surface area contributed by atoms with Gasteiger partial charge in [0.1, 0.15) is 5.82 Å². The van der Waals surface area contributed by atoms with Crippen molar-refractivity contribution in [2.75, 3.05) is 6.54 Å². The van der Waals surface area contributed by atoms with Gasteiger partial charge < -0.3 is 10.3 Å². The predicted molar refractivity (Wildman–Crippen MR) is 67.1 cm³/mol. The van der Waals surface area contributed by atoms with E-state index < -0.39 is 0 Å². The van der Waals surface area contributed by atoms with Crippen LogP contribution in [0.15, 0.2) is 29.1 Å². The lowest BCUT2D eigenvalue weighted by Crippen LogP contribution is -2.21. The maximum atomic E-state index is 11.8. The number of nitrogens with zero attached hydrogens (tertiary/aromatic N) is 1. The van der Waals surface area contributed by atoms with Crippen LogP contribution in [0.25, 0.3) is 10.9 Å². The molecule has 4 heteroatoms. The average Bonchev–Trinajstić information content (AvgIpc) is 3.13. The topological polar surface area (TPSA) is 57.8 Å². The van der Waals surface area contributed by atoms with Gasteiger partial charge in [-0.05, 0) is 25.0 Å². The molecule has 1 aliphatic carbocycles. The Morgan fingerprint density at radius 1 is 1.35 bits per heavy atom. The van der Waals surface area contributed by atoms with E-state index in [9.17, 15) is 4.79 Å². The fourth-order valence-electron chi connectivity index (χ4n) is 1.94. The zero-order valence-corrected chi connectivity index (χ0v) is 9.57. The van der Waals surface area contributed by atoms with Gasteiger partial charge in [-0.2, -0.15) is 0 Å². The van der Waals surface area contributed by atoms with Gasteiger partial charge in [-0.25, -0.2) is 4.98 Å². The number of benzene rings is 1. The Morgan fingerprint density at radius 2 is 2.18 bits per heavy atom. The lowest BCUT2D eigenvalue weighted by molar-refractivity contribution is 0.666. The molecule has 1 fully saturated rings. The van der Waals surface area contributed by atoms with Gasteiger partial charge in [0, 0.05) is 19.0 Å². The molecule has 1 saturated carbocycles. The minimum atomic E-state index is -0.0444. The van der Waals surface area contributed by atoms with Gasteiger partial charge in [0.25, 0.3) is 5.56 Å². The van der Waals surface area contributed by atoms with Crippen molar-refractivity contribution in [2.45, 2.75) is 25.3 Å². The van der Waals surface area contributed by atoms with Crippen LogP contribution in [-0.2, 0) is 6.42 Å². The lowest BCUT2D eigenvalue weighted by atomic mass is 10.2. The fourth-order valence-corrected chi connectivity index (χ4v) is 1.94. The highest BCUT2D eigenvalue weighted by Gasteiger charge is 2.19. The molecule has 0 saturated heterocycles. The van der Waals surface area contributed by atoms with E-state index in [0.29, 0.717) is 11.4 Å². The molecule has 1 heterocycles. The van der Waals surface area contributed by atoms with Crippen LogP contribution in [0.4, 0.5) is 0 Å². The summed E-state index contributed by atoms with van der Waals surface area (Å²) >= 11 is 0. The second-order valence-corrected chi connectivity index (χ2v) is 4.51. The highest BCUT2D eigenvalue weighted by molar-refractivity contribution is 5.77. The summed E-state index contributed by atoms with van der Waals surface area (Å²) in [4.78, 5) is 19.1. The molecule has 0 radical (unpaired) electrons. The first kappa shape index (κ1) is 10.5. The first-order valence-electron chi connectivity index (χ1n) is 6.04. The van der Waals surface area contributed by atoms with E-state index in [4.69, 9.17) is 0 Å². The molecule has 1 aromatic heterocycles. The standard InChI is InChI=1S/C13H15N3O/c17-13-10-3-1-2-4-11(10)15-12(16-13)7-8-14-9-5-6-9/h1-4,9,14H,5-8H2,(H,15,16,17). The molecule has 4 nitrogen and oxygen atoms in total. The Labute approximate surface area is 99.1 Å².